The molecule has 0 aliphatic carbocycles. The molecular formula is C16H23BrN4O3. The standard InChI is InChI=1S/C16H23BrN4O3/c17-14-5-4-12(9-15(14)21(23)24)11-20-8-2-1-3-13(20)10-19-16(22)6-7-18/h4-5,9,13H,1-3,6-8,10-11,18H2,(H,19,22). The lowest BCUT2D eigenvalue weighted by atomic mass is 10.0. The Morgan fingerprint density at radius 1 is 1.46 bits per heavy atom. The number of nitrogens with zero attached hydrogens (tertiary/aromatic N) is 2. The third kappa shape index (κ3) is 5.25. The molecule has 0 spiro atoms. The first-order valence-electron chi connectivity index (χ1n) is 8.15. The molecule has 0 bridgehead atoms. The van der Waals surface area contributed by atoms with Crippen LogP contribution >= 0.6 is 15.9 Å². The number of carbonyl (C=O) groups is 1. The Morgan fingerprint density at radius 3 is 2.96 bits per heavy atom. The molecule has 1 aromatic carbocycles. The highest BCUT2D eigenvalue weighted by atomic mass is 79.9. The molecule has 1 saturated heterocycles. The largest absolute Gasteiger partial charge is 0.354 e. The van der Waals surface area contributed by atoms with Crippen LogP contribution in [0.15, 0.2) is 22.7 Å². The minimum absolute atomic E-state index is 0.0256. The fraction of sp³-hybridized carbons (Fsp3) is 0.562. The maximum Gasteiger partial charge on any atom is 0.283 e. The van der Waals surface area contributed by atoms with Gasteiger partial charge in [0.05, 0.1) is 9.40 Å². The summed E-state index contributed by atoms with van der Waals surface area (Å²) in [6.45, 7) is 2.52. The first-order chi connectivity index (χ1) is 11.5. The quantitative estimate of drug-likeness (QED) is 0.541. The minimum Gasteiger partial charge on any atom is -0.354 e. The van der Waals surface area contributed by atoms with Gasteiger partial charge in [0.1, 0.15) is 0 Å². The molecule has 1 aliphatic rings. The second-order valence-electron chi connectivity index (χ2n) is 6.01. The molecule has 7 nitrogen and oxygen atoms in total. The van der Waals surface area contributed by atoms with Crippen LogP contribution < -0.4 is 11.1 Å². The number of nitro benzene ring substituents is 1. The molecule has 24 heavy (non-hydrogen) atoms. The van der Waals surface area contributed by atoms with Gasteiger partial charge in [-0.15, -0.1) is 0 Å². The van der Waals surface area contributed by atoms with E-state index in [1.54, 1.807) is 12.1 Å². The predicted molar refractivity (Wildman–Crippen MR) is 95.5 cm³/mol. The highest BCUT2D eigenvalue weighted by Crippen LogP contribution is 2.27. The van der Waals surface area contributed by atoms with Gasteiger partial charge in [-0.1, -0.05) is 12.5 Å². The number of amides is 1. The number of benzene rings is 1. The molecule has 8 heteroatoms. The number of halogens is 1. The Hall–Kier alpha value is -1.51. The first kappa shape index (κ1) is 18.8. The van der Waals surface area contributed by atoms with E-state index in [4.69, 9.17) is 5.73 Å². The van der Waals surface area contributed by atoms with Crippen LogP contribution in [0.1, 0.15) is 31.2 Å². The molecule has 1 unspecified atom stereocenters. The summed E-state index contributed by atoms with van der Waals surface area (Å²) in [6, 6.07) is 5.48. The Labute approximate surface area is 149 Å². The van der Waals surface area contributed by atoms with Crippen LogP contribution in [0.2, 0.25) is 0 Å². The van der Waals surface area contributed by atoms with E-state index >= 15 is 0 Å². The van der Waals surface area contributed by atoms with Crippen molar-refractivity contribution in [1.82, 2.24) is 10.2 Å². The Bertz CT molecular complexity index is 597. The number of nitro groups is 1. The van der Waals surface area contributed by atoms with Crippen LogP contribution in [0.4, 0.5) is 5.69 Å². The number of piperidine rings is 1. The Kier molecular flexibility index (Phi) is 7.14. The number of nitrogens with two attached hydrogens (primary N) is 1. The van der Waals surface area contributed by atoms with Gasteiger partial charge in [0.25, 0.3) is 5.69 Å². The van der Waals surface area contributed by atoms with Crippen LogP contribution in [0, 0.1) is 10.1 Å². The Balaban J connectivity index is 2.01. The normalized spacial score (nSPS) is 18.3. The van der Waals surface area contributed by atoms with Crippen LogP contribution in [-0.2, 0) is 11.3 Å². The van der Waals surface area contributed by atoms with Crippen molar-refractivity contribution >= 4 is 27.5 Å². The molecule has 132 valence electrons. The average molecular weight is 399 g/mol. The predicted octanol–water partition coefficient (Wildman–Crippen LogP) is 2.18. The van der Waals surface area contributed by atoms with E-state index in [0.29, 0.717) is 30.5 Å². The second-order valence-corrected chi connectivity index (χ2v) is 6.86. The summed E-state index contributed by atoms with van der Waals surface area (Å²) in [5.74, 6) is -0.0256. The van der Waals surface area contributed by atoms with Gasteiger partial charge in [-0.05, 0) is 46.9 Å². The molecule has 1 heterocycles. The van der Waals surface area contributed by atoms with Gasteiger partial charge in [-0.3, -0.25) is 19.8 Å². The monoisotopic (exact) mass is 398 g/mol. The summed E-state index contributed by atoms with van der Waals surface area (Å²) in [7, 11) is 0. The summed E-state index contributed by atoms with van der Waals surface area (Å²) in [4.78, 5) is 24.6. The molecular weight excluding hydrogens is 376 g/mol. The number of rotatable bonds is 7. The second kappa shape index (κ2) is 9.10. The molecule has 0 aromatic heterocycles. The van der Waals surface area contributed by atoms with E-state index in [-0.39, 0.29) is 22.6 Å². The average Bonchev–Trinajstić information content (AvgIpc) is 2.56. The lowest BCUT2D eigenvalue weighted by Crippen LogP contribution is -2.46. The number of carbonyl (C=O) groups excluding carboxylic acids is 1. The zero-order valence-electron chi connectivity index (χ0n) is 13.5. The highest BCUT2D eigenvalue weighted by molar-refractivity contribution is 9.10. The number of hydrogen-bond acceptors (Lipinski definition) is 5. The molecule has 1 aliphatic heterocycles. The number of likely N-dealkylation sites (tertiary alicyclic amines) is 1. The van der Waals surface area contributed by atoms with Crippen molar-refractivity contribution in [2.24, 2.45) is 5.73 Å². The van der Waals surface area contributed by atoms with Gasteiger partial charge >= 0.3 is 0 Å². The van der Waals surface area contributed by atoms with Crippen molar-refractivity contribution in [3.8, 4) is 0 Å². The van der Waals surface area contributed by atoms with E-state index in [0.717, 1.165) is 31.4 Å². The first-order valence-corrected chi connectivity index (χ1v) is 8.94. The van der Waals surface area contributed by atoms with Gasteiger partial charge in [-0.2, -0.15) is 0 Å². The van der Waals surface area contributed by atoms with Crippen LogP contribution in [0.25, 0.3) is 0 Å². The fourth-order valence-electron chi connectivity index (χ4n) is 2.98. The van der Waals surface area contributed by atoms with Crippen LogP contribution in [0.5, 0.6) is 0 Å². The third-order valence-corrected chi connectivity index (χ3v) is 4.92. The van der Waals surface area contributed by atoms with E-state index in [2.05, 4.69) is 26.1 Å². The minimum atomic E-state index is -0.381. The lowest BCUT2D eigenvalue weighted by molar-refractivity contribution is -0.385. The maximum atomic E-state index is 11.6. The van der Waals surface area contributed by atoms with Crippen molar-refractivity contribution in [1.29, 1.82) is 0 Å². The number of nitrogens with one attached hydrogen (secondary N) is 1. The van der Waals surface area contributed by atoms with Gasteiger partial charge in [-0.25, -0.2) is 0 Å². The maximum absolute atomic E-state index is 11.6. The van der Waals surface area contributed by atoms with E-state index in [1.165, 1.54) is 0 Å². The lowest BCUT2D eigenvalue weighted by Gasteiger charge is -2.35. The van der Waals surface area contributed by atoms with Crippen LogP contribution in [-0.4, -0.2) is 41.4 Å². The molecule has 1 fully saturated rings. The van der Waals surface area contributed by atoms with Crippen molar-refractivity contribution in [2.75, 3.05) is 19.6 Å². The van der Waals surface area contributed by atoms with E-state index in [1.807, 2.05) is 6.07 Å². The summed E-state index contributed by atoms with van der Waals surface area (Å²) < 4.78 is 0.487. The third-order valence-electron chi connectivity index (χ3n) is 4.25. The molecule has 1 amide bonds. The zero-order chi connectivity index (χ0) is 17.5. The fourth-order valence-corrected chi connectivity index (χ4v) is 3.37. The van der Waals surface area contributed by atoms with Crippen molar-refractivity contribution in [3.05, 3.63) is 38.3 Å². The van der Waals surface area contributed by atoms with Crippen molar-refractivity contribution in [2.45, 2.75) is 38.3 Å². The molecule has 1 aromatic rings. The van der Waals surface area contributed by atoms with Crippen LogP contribution in [0.3, 0.4) is 0 Å². The van der Waals surface area contributed by atoms with Crippen molar-refractivity contribution < 1.29 is 9.72 Å². The summed E-state index contributed by atoms with van der Waals surface area (Å²) >= 11 is 3.21. The van der Waals surface area contributed by atoms with Gasteiger partial charge in [0.15, 0.2) is 0 Å². The topological polar surface area (TPSA) is 102 Å². The van der Waals surface area contributed by atoms with Crippen molar-refractivity contribution in [3.63, 3.8) is 0 Å². The molecule has 3 N–H and O–H groups in total. The smallest absolute Gasteiger partial charge is 0.283 e. The Morgan fingerprint density at radius 2 is 2.25 bits per heavy atom. The van der Waals surface area contributed by atoms with Gasteiger partial charge in [0, 0.05) is 38.2 Å². The summed E-state index contributed by atoms with van der Waals surface area (Å²) in [5, 5.41) is 14.0. The van der Waals surface area contributed by atoms with E-state index in [9.17, 15) is 14.9 Å². The molecule has 0 radical (unpaired) electrons. The molecule has 1 atom stereocenters. The molecule has 2 rings (SSSR count). The zero-order valence-corrected chi connectivity index (χ0v) is 15.1. The van der Waals surface area contributed by atoms with Gasteiger partial charge in [0.2, 0.25) is 5.91 Å². The molecule has 0 saturated carbocycles. The highest BCUT2D eigenvalue weighted by Gasteiger charge is 2.23. The number of hydrogen-bond donors (Lipinski definition) is 2. The SMILES string of the molecule is NCCC(=O)NCC1CCCCN1Cc1ccc(Br)c([N+](=O)[O-])c1. The van der Waals surface area contributed by atoms with Gasteiger partial charge < -0.3 is 11.1 Å². The van der Waals surface area contributed by atoms with E-state index < -0.39 is 0 Å². The summed E-state index contributed by atoms with van der Waals surface area (Å²) in [6.07, 6.45) is 3.59. The summed E-state index contributed by atoms with van der Waals surface area (Å²) in [5.41, 5.74) is 6.38.